The van der Waals surface area contributed by atoms with Gasteiger partial charge in [-0.15, -0.1) is 0 Å². The maximum absolute atomic E-state index is 12.1. The fraction of sp³-hybridized carbons (Fsp3) is 0.889. The van der Waals surface area contributed by atoms with Crippen LogP contribution in [0.3, 0.4) is 0 Å². The molecule has 4 heteroatoms. The summed E-state index contributed by atoms with van der Waals surface area (Å²) in [4.78, 5) is 0. The molecule has 1 fully saturated rings. The highest BCUT2D eigenvalue weighted by Gasteiger charge is 2.25. The average Bonchev–Trinajstić information content (AvgIpc) is 2.15. The minimum Gasteiger partial charge on any atom is -0.317 e. The second-order valence-corrected chi connectivity index (χ2v) is 3.45. The van der Waals surface area contributed by atoms with Crippen LogP contribution in [0.25, 0.3) is 0 Å². The molecule has 1 atom stereocenters. The van der Waals surface area contributed by atoms with E-state index >= 15 is 0 Å². The number of rotatable bonds is 3. The third-order valence-corrected chi connectivity index (χ3v) is 2.55. The fourth-order valence-corrected chi connectivity index (χ4v) is 1.79. The highest BCUT2D eigenvalue weighted by molar-refractivity contribution is 4.90. The smallest absolute Gasteiger partial charge is 0.239 e. The first-order valence-corrected chi connectivity index (χ1v) is 4.62. The van der Waals surface area contributed by atoms with Crippen LogP contribution in [-0.2, 0) is 0 Å². The van der Waals surface area contributed by atoms with Crippen LogP contribution in [0, 0.1) is 23.2 Å². The van der Waals surface area contributed by atoms with Gasteiger partial charge in [0.25, 0.3) is 0 Å². The minimum atomic E-state index is -2.35. The molecule has 1 aliphatic rings. The molecular formula is C9H14F2N2. The Bertz CT molecular complexity index is 183. The summed E-state index contributed by atoms with van der Waals surface area (Å²) in [7, 11) is 0. The lowest BCUT2D eigenvalue weighted by Crippen LogP contribution is -2.31. The van der Waals surface area contributed by atoms with Gasteiger partial charge in [0.2, 0.25) is 6.43 Å². The third kappa shape index (κ3) is 3.27. The average molecular weight is 188 g/mol. The van der Waals surface area contributed by atoms with Gasteiger partial charge in [-0.25, -0.2) is 8.78 Å². The molecule has 0 aromatic rings. The fourth-order valence-electron chi connectivity index (χ4n) is 1.79. The Labute approximate surface area is 76.9 Å². The summed E-state index contributed by atoms with van der Waals surface area (Å²) in [5, 5.41) is 11.9. The van der Waals surface area contributed by atoms with Gasteiger partial charge in [-0.3, -0.25) is 0 Å². The van der Waals surface area contributed by atoms with Crippen LogP contribution in [0.1, 0.15) is 19.3 Å². The molecule has 1 aliphatic heterocycles. The van der Waals surface area contributed by atoms with Gasteiger partial charge in [0.15, 0.2) is 0 Å². The number of alkyl halides is 2. The van der Waals surface area contributed by atoms with E-state index in [0.29, 0.717) is 0 Å². The molecule has 0 bridgehead atoms. The quantitative estimate of drug-likeness (QED) is 0.732. The van der Waals surface area contributed by atoms with Gasteiger partial charge in [-0.05, 0) is 31.8 Å². The van der Waals surface area contributed by atoms with Crippen molar-refractivity contribution < 1.29 is 8.78 Å². The third-order valence-electron chi connectivity index (χ3n) is 2.55. The first kappa shape index (κ1) is 10.4. The van der Waals surface area contributed by atoms with Crippen molar-refractivity contribution >= 4 is 0 Å². The van der Waals surface area contributed by atoms with Gasteiger partial charge in [0.05, 0.1) is 12.0 Å². The molecule has 0 aromatic carbocycles. The van der Waals surface area contributed by atoms with Gasteiger partial charge in [-0.1, -0.05) is 0 Å². The van der Waals surface area contributed by atoms with Crippen molar-refractivity contribution in [3.63, 3.8) is 0 Å². The van der Waals surface area contributed by atoms with Crippen LogP contribution in [0.5, 0.6) is 0 Å². The zero-order valence-electron chi connectivity index (χ0n) is 7.47. The predicted octanol–water partition coefficient (Wildman–Crippen LogP) is 1.78. The lowest BCUT2D eigenvalue weighted by molar-refractivity contribution is 0.106. The lowest BCUT2D eigenvalue weighted by atomic mass is 9.84. The van der Waals surface area contributed by atoms with Gasteiger partial charge < -0.3 is 5.32 Å². The van der Waals surface area contributed by atoms with Crippen molar-refractivity contribution in [2.45, 2.75) is 25.7 Å². The van der Waals surface area contributed by atoms with Crippen molar-refractivity contribution in [1.29, 1.82) is 5.26 Å². The Morgan fingerprint density at radius 1 is 1.38 bits per heavy atom. The molecule has 0 amide bonds. The molecule has 1 saturated heterocycles. The van der Waals surface area contributed by atoms with Crippen molar-refractivity contribution in [2.24, 2.45) is 11.8 Å². The van der Waals surface area contributed by atoms with E-state index in [-0.39, 0.29) is 12.3 Å². The van der Waals surface area contributed by atoms with E-state index in [0.717, 1.165) is 25.9 Å². The highest BCUT2D eigenvalue weighted by Crippen LogP contribution is 2.26. The summed E-state index contributed by atoms with van der Waals surface area (Å²) in [6, 6.07) is 2.00. The number of hydrogen-bond acceptors (Lipinski definition) is 2. The number of nitrogens with zero attached hydrogens (tertiary/aromatic N) is 1. The molecule has 74 valence electrons. The van der Waals surface area contributed by atoms with Crippen LogP contribution >= 0.6 is 0 Å². The first-order valence-electron chi connectivity index (χ1n) is 4.62. The van der Waals surface area contributed by atoms with E-state index in [9.17, 15) is 8.78 Å². The van der Waals surface area contributed by atoms with Crippen LogP contribution in [0.4, 0.5) is 8.78 Å². The topological polar surface area (TPSA) is 35.8 Å². The Hall–Kier alpha value is -0.690. The van der Waals surface area contributed by atoms with E-state index in [1.54, 1.807) is 0 Å². The van der Waals surface area contributed by atoms with Crippen molar-refractivity contribution in [2.75, 3.05) is 13.1 Å². The van der Waals surface area contributed by atoms with E-state index in [1.165, 1.54) is 0 Å². The maximum atomic E-state index is 12.1. The monoisotopic (exact) mass is 188 g/mol. The van der Waals surface area contributed by atoms with Crippen LogP contribution in [0.2, 0.25) is 0 Å². The van der Waals surface area contributed by atoms with Crippen molar-refractivity contribution in [3.8, 4) is 6.07 Å². The Morgan fingerprint density at radius 2 is 2.00 bits per heavy atom. The second kappa shape index (κ2) is 5.13. The Balaban J connectivity index is 2.40. The molecule has 1 rings (SSSR count). The summed E-state index contributed by atoms with van der Waals surface area (Å²) < 4.78 is 24.1. The van der Waals surface area contributed by atoms with Gasteiger partial charge in [-0.2, -0.15) is 5.26 Å². The standard InChI is InChI=1S/C9H14F2N2/c10-9(11)5-8(6-12)7-1-3-13-4-2-7/h7-9,13H,1-5H2. The van der Waals surface area contributed by atoms with Crippen LogP contribution in [0.15, 0.2) is 0 Å². The van der Waals surface area contributed by atoms with E-state index < -0.39 is 12.3 Å². The number of piperidine rings is 1. The predicted molar refractivity (Wildman–Crippen MR) is 45.3 cm³/mol. The van der Waals surface area contributed by atoms with Crippen LogP contribution < -0.4 is 5.32 Å². The maximum Gasteiger partial charge on any atom is 0.239 e. The molecule has 0 aromatic heterocycles. The lowest BCUT2D eigenvalue weighted by Gasteiger charge is -2.26. The van der Waals surface area contributed by atoms with E-state index in [2.05, 4.69) is 5.32 Å². The van der Waals surface area contributed by atoms with Crippen LogP contribution in [-0.4, -0.2) is 19.5 Å². The molecule has 0 spiro atoms. The molecule has 13 heavy (non-hydrogen) atoms. The minimum absolute atomic E-state index is 0.167. The Morgan fingerprint density at radius 3 is 2.46 bits per heavy atom. The highest BCUT2D eigenvalue weighted by atomic mass is 19.3. The van der Waals surface area contributed by atoms with Gasteiger partial charge in [0, 0.05) is 6.42 Å². The van der Waals surface area contributed by atoms with E-state index in [4.69, 9.17) is 5.26 Å². The molecule has 1 unspecified atom stereocenters. The second-order valence-electron chi connectivity index (χ2n) is 3.45. The zero-order valence-corrected chi connectivity index (χ0v) is 7.47. The number of nitriles is 1. The van der Waals surface area contributed by atoms with E-state index in [1.807, 2.05) is 6.07 Å². The molecule has 0 saturated carbocycles. The number of nitrogens with one attached hydrogen (secondary N) is 1. The summed E-state index contributed by atoms with van der Waals surface area (Å²) in [6.45, 7) is 1.71. The summed E-state index contributed by atoms with van der Waals surface area (Å²) >= 11 is 0. The van der Waals surface area contributed by atoms with Gasteiger partial charge >= 0.3 is 0 Å². The molecule has 0 radical (unpaired) electrons. The van der Waals surface area contributed by atoms with Crippen molar-refractivity contribution in [1.82, 2.24) is 5.32 Å². The molecule has 2 nitrogen and oxygen atoms in total. The van der Waals surface area contributed by atoms with Crippen molar-refractivity contribution in [3.05, 3.63) is 0 Å². The normalized spacial score (nSPS) is 21.4. The molecule has 1 heterocycles. The summed E-state index contributed by atoms with van der Waals surface area (Å²) in [5.41, 5.74) is 0. The first-order chi connectivity index (χ1) is 6.24. The molecular weight excluding hydrogens is 174 g/mol. The number of hydrogen-bond donors (Lipinski definition) is 1. The SMILES string of the molecule is N#CC(CC(F)F)C1CCNCC1. The van der Waals surface area contributed by atoms with Gasteiger partial charge in [0.1, 0.15) is 0 Å². The molecule has 0 aliphatic carbocycles. The zero-order chi connectivity index (χ0) is 9.68. The summed E-state index contributed by atoms with van der Waals surface area (Å²) in [5.74, 6) is -0.289. The largest absolute Gasteiger partial charge is 0.317 e. The Kier molecular flexibility index (Phi) is 4.10. The number of halogens is 2. The summed E-state index contributed by atoms with van der Waals surface area (Å²) in [6.07, 6.45) is -0.906. The molecule has 1 N–H and O–H groups in total.